The van der Waals surface area contributed by atoms with Crippen molar-refractivity contribution >= 4 is 38.6 Å². The van der Waals surface area contributed by atoms with Crippen LogP contribution in [0.4, 0.5) is 0 Å². The van der Waals surface area contributed by atoms with E-state index < -0.39 is 11.9 Å². The summed E-state index contributed by atoms with van der Waals surface area (Å²) in [6, 6.07) is 7.53. The number of halogens is 1. The van der Waals surface area contributed by atoms with Crippen molar-refractivity contribution < 1.29 is 14.7 Å². The van der Waals surface area contributed by atoms with Crippen LogP contribution >= 0.6 is 15.9 Å². The van der Waals surface area contributed by atoms with Crippen LogP contribution in [-0.2, 0) is 9.59 Å². The third-order valence-electron chi connectivity index (χ3n) is 4.14. The Balaban J connectivity index is 1.88. The highest BCUT2D eigenvalue weighted by atomic mass is 79.9. The van der Waals surface area contributed by atoms with E-state index >= 15 is 0 Å². The van der Waals surface area contributed by atoms with Gasteiger partial charge in [-0.05, 0) is 34.5 Å². The Bertz CT molecular complexity index is 832. The fourth-order valence-electron chi connectivity index (χ4n) is 2.87. The van der Waals surface area contributed by atoms with E-state index in [1.54, 1.807) is 12.3 Å². The van der Waals surface area contributed by atoms with Gasteiger partial charge in [-0.2, -0.15) is 0 Å². The summed E-state index contributed by atoms with van der Waals surface area (Å²) in [6.07, 6.45) is 6.75. The molecule has 0 saturated heterocycles. The lowest BCUT2D eigenvalue weighted by molar-refractivity contribution is -0.140. The molecule has 0 spiro atoms. The number of nitrogens with one attached hydrogen (secondary N) is 1. The Hall–Kier alpha value is -2.14. The first-order valence-electron chi connectivity index (χ1n) is 7.43. The second-order valence-electron chi connectivity index (χ2n) is 5.61. The maximum absolute atomic E-state index is 12.5. The molecule has 1 aliphatic carbocycles. The van der Waals surface area contributed by atoms with Crippen LogP contribution in [-0.4, -0.2) is 21.8 Å². The number of carbonyl (C=O) groups is 2. The summed E-state index contributed by atoms with van der Waals surface area (Å²) in [6.45, 7) is 0. The van der Waals surface area contributed by atoms with Gasteiger partial charge in [-0.1, -0.05) is 46.3 Å². The quantitative estimate of drug-likeness (QED) is 0.820. The van der Waals surface area contributed by atoms with E-state index in [0.717, 1.165) is 21.8 Å². The first-order valence-corrected chi connectivity index (χ1v) is 8.23. The highest BCUT2D eigenvalue weighted by Crippen LogP contribution is 2.31. The van der Waals surface area contributed by atoms with E-state index in [-0.39, 0.29) is 12.2 Å². The summed E-state index contributed by atoms with van der Waals surface area (Å²) < 4.78 is 1.06. The molecule has 3 rings (SSSR count). The molecule has 2 N–H and O–H groups in total. The summed E-state index contributed by atoms with van der Waals surface area (Å²) in [5, 5.41) is 10.4. The lowest BCUT2D eigenvalue weighted by Crippen LogP contribution is -2.17. The molecule has 1 aromatic carbocycles. The number of carboxylic acid groups (broad SMARTS) is 1. The fourth-order valence-corrected chi connectivity index (χ4v) is 3.20. The molecule has 0 saturated carbocycles. The van der Waals surface area contributed by atoms with Crippen molar-refractivity contribution in [3.8, 4) is 0 Å². The Morgan fingerprint density at radius 3 is 2.70 bits per heavy atom. The third-order valence-corrected chi connectivity index (χ3v) is 4.80. The Kier molecular flexibility index (Phi) is 4.48. The second-order valence-corrected chi connectivity index (χ2v) is 6.63. The number of hydrogen-bond acceptors (Lipinski definition) is 2. The number of rotatable bonds is 5. The molecule has 1 aliphatic rings. The van der Waals surface area contributed by atoms with Gasteiger partial charge in [0.2, 0.25) is 0 Å². The van der Waals surface area contributed by atoms with E-state index in [1.165, 1.54) is 0 Å². The van der Waals surface area contributed by atoms with E-state index in [1.807, 2.05) is 30.3 Å². The Labute approximate surface area is 142 Å². The number of benzene rings is 1. The van der Waals surface area contributed by atoms with Crippen LogP contribution in [0.2, 0.25) is 0 Å². The van der Waals surface area contributed by atoms with Gasteiger partial charge in [-0.15, -0.1) is 0 Å². The van der Waals surface area contributed by atoms with Crippen molar-refractivity contribution in [3.05, 3.63) is 58.2 Å². The second kappa shape index (κ2) is 6.54. The van der Waals surface area contributed by atoms with Crippen LogP contribution in [0.25, 0.3) is 10.9 Å². The van der Waals surface area contributed by atoms with Gasteiger partial charge in [-0.3, -0.25) is 9.59 Å². The minimum absolute atomic E-state index is 0.0194. The zero-order valence-electron chi connectivity index (χ0n) is 12.4. The molecule has 23 heavy (non-hydrogen) atoms. The number of aromatic amines is 1. The first kappa shape index (κ1) is 15.7. The van der Waals surface area contributed by atoms with Gasteiger partial charge in [0.1, 0.15) is 0 Å². The summed E-state index contributed by atoms with van der Waals surface area (Å²) in [5.41, 5.74) is 2.24. The molecule has 0 bridgehead atoms. The fraction of sp³-hybridized carbons (Fsp3) is 0.222. The number of aromatic nitrogens is 1. The number of Topliss-reactive ketones (excluding diaryl/α,β-unsaturated/α-hetero) is 1. The summed E-state index contributed by atoms with van der Waals surface area (Å²) >= 11 is 3.40. The SMILES string of the molecule is O=C(CC(C(=O)O)c1c[nH]c2ccccc12)C1=CC=C(Br)CC1. The molecule has 1 atom stereocenters. The van der Waals surface area contributed by atoms with Crippen molar-refractivity contribution in [2.45, 2.75) is 25.2 Å². The van der Waals surface area contributed by atoms with Crippen LogP contribution in [0.1, 0.15) is 30.7 Å². The van der Waals surface area contributed by atoms with Crippen LogP contribution in [0, 0.1) is 0 Å². The zero-order valence-corrected chi connectivity index (χ0v) is 14.0. The molecule has 5 heteroatoms. The number of allylic oxidation sites excluding steroid dienone is 4. The van der Waals surface area contributed by atoms with Gasteiger partial charge < -0.3 is 10.1 Å². The van der Waals surface area contributed by atoms with Gasteiger partial charge in [0.25, 0.3) is 0 Å². The van der Waals surface area contributed by atoms with Crippen LogP contribution in [0.5, 0.6) is 0 Å². The average Bonchev–Trinajstić information content (AvgIpc) is 2.96. The van der Waals surface area contributed by atoms with E-state index in [0.29, 0.717) is 17.6 Å². The molecule has 0 radical (unpaired) electrons. The highest BCUT2D eigenvalue weighted by Gasteiger charge is 2.27. The molecule has 0 aliphatic heterocycles. The highest BCUT2D eigenvalue weighted by molar-refractivity contribution is 9.11. The summed E-state index contributed by atoms with van der Waals surface area (Å²) in [4.78, 5) is 27.2. The number of carboxylic acids is 1. The molecule has 0 amide bonds. The van der Waals surface area contributed by atoms with E-state index in [9.17, 15) is 14.7 Å². The normalized spacial score (nSPS) is 15.9. The average molecular weight is 374 g/mol. The largest absolute Gasteiger partial charge is 0.481 e. The minimum atomic E-state index is -0.976. The number of para-hydroxylation sites is 1. The van der Waals surface area contributed by atoms with Crippen molar-refractivity contribution in [3.63, 3.8) is 0 Å². The molecule has 2 aromatic rings. The monoisotopic (exact) mass is 373 g/mol. The minimum Gasteiger partial charge on any atom is -0.481 e. The zero-order chi connectivity index (χ0) is 16.4. The summed E-state index contributed by atoms with van der Waals surface area (Å²) in [5.74, 6) is -1.91. The number of ketones is 1. The predicted octanol–water partition coefficient (Wildman–Crippen LogP) is 4.29. The molecule has 0 fully saturated rings. The van der Waals surface area contributed by atoms with Crippen LogP contribution in [0.3, 0.4) is 0 Å². The number of aliphatic carboxylic acids is 1. The standard InChI is InChI=1S/C18H16BrNO3/c19-12-7-5-11(6-8-12)17(21)9-14(18(22)23)15-10-20-16-4-2-1-3-13(15)16/h1-5,7,10,14,20H,6,8-9H2,(H,22,23). The first-order chi connectivity index (χ1) is 11.1. The number of hydrogen-bond donors (Lipinski definition) is 2. The third kappa shape index (κ3) is 3.29. The predicted molar refractivity (Wildman–Crippen MR) is 92.6 cm³/mol. The Morgan fingerprint density at radius 1 is 1.22 bits per heavy atom. The molecule has 118 valence electrons. The van der Waals surface area contributed by atoms with Crippen molar-refractivity contribution in [2.24, 2.45) is 0 Å². The number of fused-ring (bicyclic) bond motifs is 1. The maximum atomic E-state index is 12.5. The van der Waals surface area contributed by atoms with Gasteiger partial charge >= 0.3 is 5.97 Å². The lowest BCUT2D eigenvalue weighted by Gasteiger charge is -2.14. The van der Waals surface area contributed by atoms with E-state index in [4.69, 9.17) is 0 Å². The van der Waals surface area contributed by atoms with Gasteiger partial charge in [0.15, 0.2) is 5.78 Å². The molecule has 1 aromatic heterocycles. The van der Waals surface area contributed by atoms with Crippen molar-refractivity contribution in [1.29, 1.82) is 0 Å². The topological polar surface area (TPSA) is 70.2 Å². The van der Waals surface area contributed by atoms with Crippen molar-refractivity contribution in [1.82, 2.24) is 4.98 Å². The van der Waals surface area contributed by atoms with Gasteiger partial charge in [-0.25, -0.2) is 0 Å². The van der Waals surface area contributed by atoms with Gasteiger partial charge in [0.05, 0.1) is 5.92 Å². The maximum Gasteiger partial charge on any atom is 0.311 e. The molecule has 1 heterocycles. The number of carbonyl (C=O) groups excluding carboxylic acids is 1. The molecule has 1 unspecified atom stereocenters. The van der Waals surface area contributed by atoms with Crippen LogP contribution in [0.15, 0.2) is 52.7 Å². The smallest absolute Gasteiger partial charge is 0.311 e. The van der Waals surface area contributed by atoms with Crippen LogP contribution < -0.4 is 0 Å². The molecular formula is C18H16BrNO3. The van der Waals surface area contributed by atoms with Crippen molar-refractivity contribution in [2.75, 3.05) is 0 Å². The number of H-pyrrole nitrogens is 1. The summed E-state index contributed by atoms with van der Waals surface area (Å²) in [7, 11) is 0. The molecular weight excluding hydrogens is 358 g/mol. The Morgan fingerprint density at radius 2 is 2.00 bits per heavy atom. The van der Waals surface area contributed by atoms with Gasteiger partial charge in [0, 0.05) is 23.5 Å². The van der Waals surface area contributed by atoms with E-state index in [2.05, 4.69) is 20.9 Å². The molecule has 4 nitrogen and oxygen atoms in total. The lowest BCUT2D eigenvalue weighted by atomic mass is 9.89.